The lowest BCUT2D eigenvalue weighted by Crippen LogP contribution is -2.41. The van der Waals surface area contributed by atoms with E-state index in [4.69, 9.17) is 10.5 Å². The van der Waals surface area contributed by atoms with Crippen LogP contribution < -0.4 is 5.73 Å². The van der Waals surface area contributed by atoms with Crippen molar-refractivity contribution in [3.8, 4) is 0 Å². The summed E-state index contributed by atoms with van der Waals surface area (Å²) >= 11 is 3.32. The van der Waals surface area contributed by atoms with E-state index in [-0.39, 0.29) is 12.4 Å². The molecule has 0 bridgehead atoms. The summed E-state index contributed by atoms with van der Waals surface area (Å²) in [7, 11) is -3.44. The van der Waals surface area contributed by atoms with Crippen LogP contribution >= 0.6 is 15.9 Å². The number of halogens is 1. The molecule has 0 aliphatic heterocycles. The molecule has 0 aromatic heterocycles. The molecule has 0 radical (unpaired) electrons. The first-order chi connectivity index (χ1) is 9.79. The van der Waals surface area contributed by atoms with Crippen LogP contribution in [0.25, 0.3) is 0 Å². The third kappa shape index (κ3) is 2.74. The third-order valence-electron chi connectivity index (χ3n) is 3.83. The Bertz CT molecular complexity index is 643. The molecule has 1 saturated carbocycles. The molecule has 2 rings (SSSR count). The Labute approximate surface area is 132 Å². The predicted molar refractivity (Wildman–Crippen MR) is 83.7 cm³/mol. The van der Waals surface area contributed by atoms with E-state index in [0.29, 0.717) is 0 Å². The topological polar surface area (TPSA) is 86.5 Å². The van der Waals surface area contributed by atoms with Crippen LogP contribution in [0.2, 0.25) is 0 Å². The number of carbonyl (C=O) groups is 1. The summed E-state index contributed by atoms with van der Waals surface area (Å²) < 4.78 is 30.3. The Morgan fingerprint density at radius 2 is 1.90 bits per heavy atom. The fraction of sp³-hybridized carbons (Fsp3) is 0.500. The summed E-state index contributed by atoms with van der Waals surface area (Å²) in [6.07, 6.45) is 0. The zero-order valence-electron chi connectivity index (χ0n) is 11.9. The number of hydrogen-bond donors (Lipinski definition) is 1. The van der Waals surface area contributed by atoms with Crippen molar-refractivity contribution in [2.75, 3.05) is 12.4 Å². The number of rotatable bonds is 5. The van der Waals surface area contributed by atoms with E-state index in [2.05, 4.69) is 15.9 Å². The second kappa shape index (κ2) is 5.70. The van der Waals surface area contributed by atoms with Gasteiger partial charge in [0.1, 0.15) is 5.54 Å². The first-order valence-corrected chi connectivity index (χ1v) is 9.23. The van der Waals surface area contributed by atoms with Crippen LogP contribution in [0.15, 0.2) is 28.7 Å². The van der Waals surface area contributed by atoms with Crippen molar-refractivity contribution in [3.63, 3.8) is 0 Å². The number of esters is 1. The first-order valence-electron chi connectivity index (χ1n) is 6.72. The fourth-order valence-electron chi connectivity index (χ4n) is 2.68. The highest BCUT2D eigenvalue weighted by atomic mass is 79.9. The lowest BCUT2D eigenvalue weighted by atomic mass is 10.1. The van der Waals surface area contributed by atoms with Crippen LogP contribution in [0.4, 0.5) is 0 Å². The average molecular weight is 376 g/mol. The zero-order valence-corrected chi connectivity index (χ0v) is 14.3. The lowest BCUT2D eigenvalue weighted by molar-refractivity contribution is -0.145. The molecule has 5 nitrogen and oxygen atoms in total. The molecule has 0 heterocycles. The van der Waals surface area contributed by atoms with E-state index in [0.717, 1.165) is 10.0 Å². The third-order valence-corrected chi connectivity index (χ3v) is 6.60. The van der Waals surface area contributed by atoms with Crippen molar-refractivity contribution >= 4 is 31.7 Å². The molecule has 0 spiro atoms. The molecule has 1 aliphatic carbocycles. The van der Waals surface area contributed by atoms with Gasteiger partial charge < -0.3 is 10.5 Å². The number of benzene rings is 1. The number of hydrogen-bond acceptors (Lipinski definition) is 5. The van der Waals surface area contributed by atoms with Crippen LogP contribution in [-0.2, 0) is 19.4 Å². The molecule has 3 atom stereocenters. The largest absolute Gasteiger partial charge is 0.465 e. The number of sulfone groups is 1. The van der Waals surface area contributed by atoms with Crippen molar-refractivity contribution in [1.82, 2.24) is 0 Å². The zero-order chi connectivity index (χ0) is 15.8. The Morgan fingerprint density at radius 1 is 1.33 bits per heavy atom. The van der Waals surface area contributed by atoms with E-state index in [1.807, 2.05) is 0 Å². The number of ether oxygens (including phenoxy) is 1. The van der Waals surface area contributed by atoms with Gasteiger partial charge in [0.05, 0.1) is 11.9 Å². The second-order valence-electron chi connectivity index (χ2n) is 5.05. The normalized spacial score (nSPS) is 28.2. The predicted octanol–water partition coefficient (Wildman–Crippen LogP) is 1.61. The van der Waals surface area contributed by atoms with Gasteiger partial charge in [-0.05, 0) is 24.6 Å². The molecule has 1 aliphatic rings. The SMILES string of the molecule is CCOC(=O)C1(N)C(c2ccc(Br)cc2)C1S(=O)(=O)CC. The summed E-state index contributed by atoms with van der Waals surface area (Å²) in [4.78, 5) is 12.1. The Kier molecular flexibility index (Phi) is 4.46. The van der Waals surface area contributed by atoms with Gasteiger partial charge in [0.15, 0.2) is 9.84 Å². The Morgan fingerprint density at radius 3 is 2.38 bits per heavy atom. The van der Waals surface area contributed by atoms with Crippen molar-refractivity contribution < 1.29 is 17.9 Å². The van der Waals surface area contributed by atoms with Crippen molar-refractivity contribution in [3.05, 3.63) is 34.3 Å². The second-order valence-corrected chi connectivity index (χ2v) is 8.38. The molecule has 21 heavy (non-hydrogen) atoms. The molecular formula is C14H18BrNO4S. The highest BCUT2D eigenvalue weighted by Gasteiger charge is 2.74. The van der Waals surface area contributed by atoms with Gasteiger partial charge in [0, 0.05) is 16.1 Å². The monoisotopic (exact) mass is 375 g/mol. The van der Waals surface area contributed by atoms with Gasteiger partial charge in [0.2, 0.25) is 0 Å². The highest BCUT2D eigenvalue weighted by molar-refractivity contribution is 9.10. The average Bonchev–Trinajstić information content (AvgIpc) is 3.09. The van der Waals surface area contributed by atoms with Crippen LogP contribution in [0.3, 0.4) is 0 Å². The number of nitrogens with two attached hydrogens (primary N) is 1. The van der Waals surface area contributed by atoms with Crippen molar-refractivity contribution in [2.24, 2.45) is 5.73 Å². The van der Waals surface area contributed by atoms with Gasteiger partial charge in [-0.3, -0.25) is 0 Å². The maximum absolute atomic E-state index is 12.2. The molecule has 1 fully saturated rings. The minimum Gasteiger partial charge on any atom is -0.465 e. The number of carbonyl (C=O) groups excluding carboxylic acids is 1. The van der Waals surface area contributed by atoms with Crippen LogP contribution in [0.5, 0.6) is 0 Å². The molecule has 1 aromatic rings. The van der Waals surface area contributed by atoms with E-state index >= 15 is 0 Å². The van der Waals surface area contributed by atoms with Crippen LogP contribution in [0.1, 0.15) is 25.3 Å². The maximum Gasteiger partial charge on any atom is 0.328 e. The summed E-state index contributed by atoms with van der Waals surface area (Å²) in [6.45, 7) is 3.39. The van der Waals surface area contributed by atoms with Gasteiger partial charge >= 0.3 is 5.97 Å². The molecule has 3 unspecified atom stereocenters. The van der Waals surface area contributed by atoms with Gasteiger partial charge in [-0.1, -0.05) is 35.0 Å². The fourth-order valence-corrected chi connectivity index (χ4v) is 4.86. The summed E-state index contributed by atoms with van der Waals surface area (Å²) in [5.41, 5.74) is 5.38. The molecule has 0 saturated heterocycles. The van der Waals surface area contributed by atoms with E-state index < -0.39 is 32.5 Å². The van der Waals surface area contributed by atoms with E-state index in [1.165, 1.54) is 0 Å². The van der Waals surface area contributed by atoms with Gasteiger partial charge in [-0.2, -0.15) is 0 Å². The Hall–Kier alpha value is -0.920. The minimum absolute atomic E-state index is 0.0525. The summed E-state index contributed by atoms with van der Waals surface area (Å²) in [5, 5.41) is -0.921. The molecule has 116 valence electrons. The van der Waals surface area contributed by atoms with Crippen LogP contribution in [0, 0.1) is 0 Å². The molecule has 2 N–H and O–H groups in total. The maximum atomic E-state index is 12.2. The lowest BCUT2D eigenvalue weighted by Gasteiger charge is -2.10. The van der Waals surface area contributed by atoms with Crippen molar-refractivity contribution in [1.29, 1.82) is 0 Å². The molecule has 7 heteroatoms. The van der Waals surface area contributed by atoms with Gasteiger partial charge in [-0.15, -0.1) is 0 Å². The quantitative estimate of drug-likeness (QED) is 0.789. The molecule has 0 amide bonds. The minimum atomic E-state index is -3.44. The standard InChI is InChI=1S/C14H18BrNO4S/c1-3-20-13(17)14(16)11(12(14)21(18,19)4-2)9-5-7-10(15)8-6-9/h5-8,11-12H,3-4,16H2,1-2H3. The van der Waals surface area contributed by atoms with E-state index in [1.54, 1.807) is 38.1 Å². The first kappa shape index (κ1) is 16.5. The molecular weight excluding hydrogens is 358 g/mol. The highest BCUT2D eigenvalue weighted by Crippen LogP contribution is 2.55. The molecule has 1 aromatic carbocycles. The smallest absolute Gasteiger partial charge is 0.328 e. The Balaban J connectivity index is 2.42. The van der Waals surface area contributed by atoms with Gasteiger partial charge in [-0.25, -0.2) is 13.2 Å². The van der Waals surface area contributed by atoms with Crippen molar-refractivity contribution in [2.45, 2.75) is 30.6 Å². The van der Waals surface area contributed by atoms with E-state index in [9.17, 15) is 13.2 Å². The van der Waals surface area contributed by atoms with Crippen LogP contribution in [-0.4, -0.2) is 37.5 Å². The summed E-state index contributed by atoms with van der Waals surface area (Å²) in [5.74, 6) is -1.27. The van der Waals surface area contributed by atoms with Gasteiger partial charge in [0.25, 0.3) is 0 Å². The summed E-state index contributed by atoms with van der Waals surface area (Å²) in [6, 6.07) is 7.16.